The van der Waals surface area contributed by atoms with Gasteiger partial charge in [-0.3, -0.25) is 4.79 Å². The van der Waals surface area contributed by atoms with Gasteiger partial charge in [0.15, 0.2) is 0 Å². The maximum Gasteiger partial charge on any atom is 0.330 e. The molecule has 1 aromatic carbocycles. The third-order valence-corrected chi connectivity index (χ3v) is 2.29. The first-order valence-electron chi connectivity index (χ1n) is 6.01. The van der Waals surface area contributed by atoms with Crippen LogP contribution in [0.2, 0.25) is 0 Å². The molecule has 2 N–H and O–H groups in total. The van der Waals surface area contributed by atoms with Crippen molar-refractivity contribution in [2.45, 2.75) is 6.92 Å². The third kappa shape index (κ3) is 5.01. The lowest BCUT2D eigenvalue weighted by Crippen LogP contribution is -2.11. The normalized spacial score (nSPS) is 10.3. The highest BCUT2D eigenvalue weighted by atomic mass is 16.5. The molecule has 1 amide bonds. The van der Waals surface area contributed by atoms with E-state index in [0.717, 1.165) is 0 Å². The van der Waals surface area contributed by atoms with E-state index in [0.29, 0.717) is 18.1 Å². The average molecular weight is 279 g/mol. The fourth-order valence-corrected chi connectivity index (χ4v) is 1.39. The van der Waals surface area contributed by atoms with Crippen LogP contribution in [-0.4, -0.2) is 32.2 Å². The molecule has 1 aromatic rings. The van der Waals surface area contributed by atoms with Crippen molar-refractivity contribution in [3.05, 3.63) is 35.9 Å². The molecule has 0 radical (unpaired) electrons. The van der Waals surface area contributed by atoms with Gasteiger partial charge >= 0.3 is 5.97 Å². The Morgan fingerprint density at radius 3 is 2.55 bits per heavy atom. The van der Waals surface area contributed by atoms with Crippen LogP contribution < -0.4 is 15.2 Å². The molecule has 108 valence electrons. The second kappa shape index (κ2) is 7.83. The summed E-state index contributed by atoms with van der Waals surface area (Å²) in [5, 5.41) is 0. The number of nitrogens with two attached hydrogens (primary N) is 1. The van der Waals surface area contributed by atoms with Gasteiger partial charge in [-0.2, -0.15) is 0 Å². The van der Waals surface area contributed by atoms with Gasteiger partial charge in [0, 0.05) is 17.7 Å². The highest BCUT2D eigenvalue weighted by Gasteiger charge is 2.06. The topological polar surface area (TPSA) is 87.8 Å². The van der Waals surface area contributed by atoms with Gasteiger partial charge in [0.05, 0.1) is 13.7 Å². The quantitative estimate of drug-likeness (QED) is 0.600. The number of primary amides is 1. The number of ether oxygens (including phenoxy) is 3. The lowest BCUT2D eigenvalue weighted by molar-refractivity contribution is -0.137. The molecule has 0 atom stereocenters. The van der Waals surface area contributed by atoms with Gasteiger partial charge in [0.2, 0.25) is 5.91 Å². The largest absolute Gasteiger partial charge is 0.497 e. The van der Waals surface area contributed by atoms with Crippen molar-refractivity contribution in [1.82, 2.24) is 0 Å². The van der Waals surface area contributed by atoms with Gasteiger partial charge in [-0.25, -0.2) is 4.79 Å². The molecule has 6 nitrogen and oxygen atoms in total. The lowest BCUT2D eigenvalue weighted by atomic mass is 10.2. The summed E-state index contributed by atoms with van der Waals surface area (Å²) >= 11 is 0. The molecule has 6 heteroatoms. The van der Waals surface area contributed by atoms with Crippen molar-refractivity contribution in [2.24, 2.45) is 5.73 Å². The maximum atomic E-state index is 11.1. The minimum atomic E-state index is -0.573. The zero-order valence-electron chi connectivity index (χ0n) is 11.4. The molecule has 0 aliphatic rings. The van der Waals surface area contributed by atoms with Gasteiger partial charge in [0.1, 0.15) is 18.1 Å². The number of esters is 1. The van der Waals surface area contributed by atoms with Crippen molar-refractivity contribution in [1.29, 1.82) is 0 Å². The molecule has 0 saturated carbocycles. The standard InChI is InChI=1S/C14H17NO5/c1-3-19-13(16)5-4-6-20-12-8-10(14(15)17)7-11(9-12)18-2/h4-5,7-9H,3,6H2,1-2H3,(H2,15,17)/b5-4+. The number of carbonyl (C=O) groups excluding carboxylic acids is 2. The van der Waals surface area contributed by atoms with Crippen LogP contribution in [0.15, 0.2) is 30.4 Å². The van der Waals surface area contributed by atoms with Crippen molar-refractivity contribution in [3.8, 4) is 11.5 Å². The molecule has 0 unspecified atom stereocenters. The van der Waals surface area contributed by atoms with Gasteiger partial charge in [0.25, 0.3) is 0 Å². The molecular formula is C14H17NO5. The highest BCUT2D eigenvalue weighted by Crippen LogP contribution is 2.22. The van der Waals surface area contributed by atoms with E-state index in [4.69, 9.17) is 19.9 Å². The fraction of sp³-hybridized carbons (Fsp3) is 0.286. The van der Waals surface area contributed by atoms with Crippen LogP contribution >= 0.6 is 0 Å². The van der Waals surface area contributed by atoms with Crippen molar-refractivity contribution in [2.75, 3.05) is 20.3 Å². The number of hydrogen-bond donors (Lipinski definition) is 1. The number of amides is 1. The van der Waals surface area contributed by atoms with E-state index in [1.165, 1.54) is 31.4 Å². The fourth-order valence-electron chi connectivity index (χ4n) is 1.39. The molecular weight excluding hydrogens is 262 g/mol. The molecule has 20 heavy (non-hydrogen) atoms. The number of methoxy groups -OCH3 is 1. The maximum absolute atomic E-state index is 11.1. The summed E-state index contributed by atoms with van der Waals surface area (Å²) in [6.07, 6.45) is 2.79. The molecule has 0 aromatic heterocycles. The van der Waals surface area contributed by atoms with Gasteiger partial charge in [-0.15, -0.1) is 0 Å². The number of hydrogen-bond acceptors (Lipinski definition) is 5. The first-order valence-corrected chi connectivity index (χ1v) is 6.01. The van der Waals surface area contributed by atoms with Crippen LogP contribution in [0.25, 0.3) is 0 Å². The predicted molar refractivity (Wildman–Crippen MR) is 72.8 cm³/mol. The van der Waals surface area contributed by atoms with Gasteiger partial charge in [-0.05, 0) is 25.1 Å². The number of rotatable bonds is 7. The molecule has 0 heterocycles. The summed E-state index contributed by atoms with van der Waals surface area (Å²) in [5.41, 5.74) is 5.49. The van der Waals surface area contributed by atoms with Crippen LogP contribution in [0.5, 0.6) is 11.5 Å². The number of benzene rings is 1. The first-order chi connectivity index (χ1) is 9.56. The Kier molecular flexibility index (Phi) is 6.09. The minimum Gasteiger partial charge on any atom is -0.497 e. The van der Waals surface area contributed by atoms with Gasteiger partial charge < -0.3 is 19.9 Å². The van der Waals surface area contributed by atoms with E-state index in [1.54, 1.807) is 13.0 Å². The second-order valence-electron chi connectivity index (χ2n) is 3.73. The van der Waals surface area contributed by atoms with Crippen LogP contribution in [0.3, 0.4) is 0 Å². The van der Waals surface area contributed by atoms with E-state index in [1.807, 2.05) is 0 Å². The molecule has 1 rings (SSSR count). The molecule has 0 aliphatic carbocycles. The summed E-state index contributed by atoms with van der Waals surface area (Å²) in [6.45, 7) is 2.20. The van der Waals surface area contributed by atoms with E-state index in [2.05, 4.69) is 0 Å². The van der Waals surface area contributed by atoms with E-state index in [-0.39, 0.29) is 12.2 Å². The van der Waals surface area contributed by atoms with E-state index >= 15 is 0 Å². The summed E-state index contributed by atoms with van der Waals surface area (Å²) in [6, 6.07) is 4.64. The first kappa shape index (κ1) is 15.6. The summed E-state index contributed by atoms with van der Waals surface area (Å²) in [4.78, 5) is 22.2. The average Bonchev–Trinajstić information content (AvgIpc) is 2.43. The zero-order chi connectivity index (χ0) is 15.0. The van der Waals surface area contributed by atoms with Crippen molar-refractivity contribution in [3.63, 3.8) is 0 Å². The molecule has 0 aliphatic heterocycles. The second-order valence-corrected chi connectivity index (χ2v) is 3.73. The van der Waals surface area contributed by atoms with Crippen LogP contribution in [-0.2, 0) is 9.53 Å². The minimum absolute atomic E-state index is 0.157. The van der Waals surface area contributed by atoms with E-state index in [9.17, 15) is 9.59 Å². The molecule has 0 bridgehead atoms. The van der Waals surface area contributed by atoms with Crippen LogP contribution in [0.1, 0.15) is 17.3 Å². The molecule has 0 fully saturated rings. The van der Waals surface area contributed by atoms with E-state index < -0.39 is 11.9 Å². The zero-order valence-corrected chi connectivity index (χ0v) is 11.4. The summed E-state index contributed by atoms with van der Waals surface area (Å²) < 4.78 is 15.1. The Labute approximate surface area is 117 Å². The Balaban J connectivity index is 2.65. The Bertz CT molecular complexity index is 510. The van der Waals surface area contributed by atoms with Gasteiger partial charge in [-0.1, -0.05) is 0 Å². The predicted octanol–water partition coefficient (Wildman–Crippen LogP) is 1.29. The number of carbonyl (C=O) groups is 2. The molecule has 0 spiro atoms. The molecule has 0 saturated heterocycles. The summed E-state index contributed by atoms with van der Waals surface area (Å²) in [5.74, 6) is -0.118. The van der Waals surface area contributed by atoms with Crippen LogP contribution in [0, 0.1) is 0 Å². The Morgan fingerprint density at radius 2 is 1.95 bits per heavy atom. The Morgan fingerprint density at radius 1 is 1.25 bits per heavy atom. The lowest BCUT2D eigenvalue weighted by Gasteiger charge is -2.08. The van der Waals surface area contributed by atoms with Crippen LogP contribution in [0.4, 0.5) is 0 Å². The monoisotopic (exact) mass is 279 g/mol. The SMILES string of the molecule is CCOC(=O)/C=C/COc1cc(OC)cc(C(N)=O)c1. The smallest absolute Gasteiger partial charge is 0.330 e. The summed E-state index contributed by atoms with van der Waals surface area (Å²) in [7, 11) is 1.48. The third-order valence-electron chi connectivity index (χ3n) is 2.29. The van der Waals surface area contributed by atoms with Crippen molar-refractivity contribution < 1.29 is 23.8 Å². The van der Waals surface area contributed by atoms with Crippen molar-refractivity contribution >= 4 is 11.9 Å². The Hall–Kier alpha value is -2.50. The highest BCUT2D eigenvalue weighted by molar-refractivity contribution is 5.93.